The van der Waals surface area contributed by atoms with E-state index in [0.717, 1.165) is 11.4 Å². The van der Waals surface area contributed by atoms with Crippen LogP contribution in [-0.2, 0) is 14.3 Å². The average Bonchev–Trinajstić information content (AvgIpc) is 2.44. The predicted octanol–water partition coefficient (Wildman–Crippen LogP) is 1.93. The lowest BCUT2D eigenvalue weighted by Crippen LogP contribution is -2.38. The van der Waals surface area contributed by atoms with Crippen LogP contribution in [0.3, 0.4) is 0 Å². The van der Waals surface area contributed by atoms with E-state index in [9.17, 15) is 4.79 Å². The summed E-state index contributed by atoms with van der Waals surface area (Å²) in [6.07, 6.45) is 0. The van der Waals surface area contributed by atoms with E-state index >= 15 is 0 Å². The molecule has 0 aliphatic heterocycles. The standard InChI is InChI=1S/C14H21NO4/c1-10(9-17-2)13(14(16)19-4)15-11-6-5-7-12(8-11)18-3/h5-8,10,13,15H,9H2,1-4H3. The Morgan fingerprint density at radius 2 is 2.05 bits per heavy atom. The molecule has 0 radical (unpaired) electrons. The second-order valence-corrected chi connectivity index (χ2v) is 4.31. The maximum atomic E-state index is 11.8. The predicted molar refractivity (Wildman–Crippen MR) is 73.5 cm³/mol. The van der Waals surface area contributed by atoms with Crippen LogP contribution in [0.4, 0.5) is 5.69 Å². The Kier molecular flexibility index (Phi) is 6.15. The molecule has 1 rings (SSSR count). The van der Waals surface area contributed by atoms with Crippen LogP contribution in [0.15, 0.2) is 24.3 Å². The first-order chi connectivity index (χ1) is 9.12. The van der Waals surface area contributed by atoms with E-state index in [1.165, 1.54) is 7.11 Å². The second kappa shape index (κ2) is 7.63. The topological polar surface area (TPSA) is 56.8 Å². The number of hydrogen-bond acceptors (Lipinski definition) is 5. The molecule has 19 heavy (non-hydrogen) atoms. The Hall–Kier alpha value is -1.75. The molecule has 5 heteroatoms. The molecule has 0 aliphatic rings. The summed E-state index contributed by atoms with van der Waals surface area (Å²) in [5, 5.41) is 3.15. The smallest absolute Gasteiger partial charge is 0.328 e. The van der Waals surface area contributed by atoms with Crippen molar-refractivity contribution in [2.45, 2.75) is 13.0 Å². The fourth-order valence-corrected chi connectivity index (χ4v) is 1.81. The molecule has 5 nitrogen and oxygen atoms in total. The van der Waals surface area contributed by atoms with Crippen molar-refractivity contribution in [3.05, 3.63) is 24.3 Å². The number of carbonyl (C=O) groups is 1. The molecule has 0 heterocycles. The quantitative estimate of drug-likeness (QED) is 0.765. The molecule has 106 valence electrons. The van der Waals surface area contributed by atoms with Crippen LogP contribution in [0.25, 0.3) is 0 Å². The van der Waals surface area contributed by atoms with Gasteiger partial charge in [-0.2, -0.15) is 0 Å². The zero-order chi connectivity index (χ0) is 14.3. The highest BCUT2D eigenvalue weighted by molar-refractivity contribution is 5.79. The van der Waals surface area contributed by atoms with Gasteiger partial charge in [0, 0.05) is 24.8 Å². The molecule has 0 aliphatic carbocycles. The number of rotatable bonds is 7. The minimum absolute atomic E-state index is 0.0105. The van der Waals surface area contributed by atoms with Crippen LogP contribution < -0.4 is 10.1 Å². The number of benzene rings is 1. The normalized spacial score (nSPS) is 13.5. The van der Waals surface area contributed by atoms with E-state index in [1.54, 1.807) is 14.2 Å². The number of anilines is 1. The van der Waals surface area contributed by atoms with Gasteiger partial charge in [-0.3, -0.25) is 0 Å². The summed E-state index contributed by atoms with van der Waals surface area (Å²) < 4.78 is 15.1. The molecule has 0 fully saturated rings. The molecule has 1 aromatic rings. The summed E-state index contributed by atoms with van der Waals surface area (Å²) in [4.78, 5) is 11.8. The lowest BCUT2D eigenvalue weighted by Gasteiger charge is -2.23. The maximum Gasteiger partial charge on any atom is 0.328 e. The van der Waals surface area contributed by atoms with E-state index in [0.29, 0.717) is 6.61 Å². The fourth-order valence-electron chi connectivity index (χ4n) is 1.81. The molecule has 2 unspecified atom stereocenters. The van der Waals surface area contributed by atoms with Gasteiger partial charge >= 0.3 is 5.97 Å². The van der Waals surface area contributed by atoms with Crippen molar-refractivity contribution >= 4 is 11.7 Å². The number of esters is 1. The van der Waals surface area contributed by atoms with Gasteiger partial charge in [0.2, 0.25) is 0 Å². The van der Waals surface area contributed by atoms with Crippen LogP contribution in [0.2, 0.25) is 0 Å². The molecule has 0 saturated carbocycles. The van der Waals surface area contributed by atoms with Crippen molar-refractivity contribution in [2.24, 2.45) is 5.92 Å². The van der Waals surface area contributed by atoms with E-state index in [-0.39, 0.29) is 11.9 Å². The Morgan fingerprint density at radius 3 is 2.63 bits per heavy atom. The van der Waals surface area contributed by atoms with Crippen LogP contribution in [0, 0.1) is 5.92 Å². The largest absolute Gasteiger partial charge is 0.497 e. The van der Waals surface area contributed by atoms with Gasteiger partial charge in [0.25, 0.3) is 0 Å². The first-order valence-corrected chi connectivity index (χ1v) is 6.09. The number of ether oxygens (including phenoxy) is 3. The summed E-state index contributed by atoms with van der Waals surface area (Å²) >= 11 is 0. The first kappa shape index (κ1) is 15.3. The Balaban J connectivity index is 2.83. The summed E-state index contributed by atoms with van der Waals surface area (Å²) in [5.41, 5.74) is 0.803. The van der Waals surface area contributed by atoms with Gasteiger partial charge in [0.05, 0.1) is 20.8 Å². The van der Waals surface area contributed by atoms with Crippen molar-refractivity contribution in [1.29, 1.82) is 0 Å². The van der Waals surface area contributed by atoms with Crippen molar-refractivity contribution < 1.29 is 19.0 Å². The molecule has 0 aromatic heterocycles. The third-order valence-electron chi connectivity index (χ3n) is 2.85. The Labute approximate surface area is 113 Å². The van der Waals surface area contributed by atoms with E-state index in [4.69, 9.17) is 14.2 Å². The van der Waals surface area contributed by atoms with Crippen molar-refractivity contribution in [1.82, 2.24) is 0 Å². The van der Waals surface area contributed by atoms with Crippen LogP contribution in [0.1, 0.15) is 6.92 Å². The molecule has 2 atom stereocenters. The first-order valence-electron chi connectivity index (χ1n) is 6.09. The lowest BCUT2D eigenvalue weighted by atomic mass is 10.0. The summed E-state index contributed by atoms with van der Waals surface area (Å²) in [6, 6.07) is 6.94. The zero-order valence-electron chi connectivity index (χ0n) is 11.8. The minimum Gasteiger partial charge on any atom is -0.497 e. The lowest BCUT2D eigenvalue weighted by molar-refractivity contribution is -0.143. The molecular weight excluding hydrogens is 246 g/mol. The molecule has 0 spiro atoms. The summed E-state index contributed by atoms with van der Waals surface area (Å²) in [7, 11) is 4.59. The van der Waals surface area contributed by atoms with Gasteiger partial charge in [-0.15, -0.1) is 0 Å². The van der Waals surface area contributed by atoms with Gasteiger partial charge in [-0.1, -0.05) is 13.0 Å². The fraction of sp³-hybridized carbons (Fsp3) is 0.500. The molecule has 0 saturated heterocycles. The van der Waals surface area contributed by atoms with Crippen molar-refractivity contribution in [3.63, 3.8) is 0 Å². The highest BCUT2D eigenvalue weighted by Gasteiger charge is 2.25. The van der Waals surface area contributed by atoms with Crippen LogP contribution in [-0.4, -0.2) is 39.9 Å². The Morgan fingerprint density at radius 1 is 1.32 bits per heavy atom. The van der Waals surface area contributed by atoms with E-state index in [1.807, 2.05) is 31.2 Å². The van der Waals surface area contributed by atoms with Gasteiger partial charge in [0.1, 0.15) is 11.8 Å². The minimum atomic E-state index is -0.461. The zero-order valence-corrected chi connectivity index (χ0v) is 11.8. The van der Waals surface area contributed by atoms with E-state index < -0.39 is 6.04 Å². The van der Waals surface area contributed by atoms with Crippen LogP contribution in [0.5, 0.6) is 5.75 Å². The highest BCUT2D eigenvalue weighted by atomic mass is 16.5. The van der Waals surface area contributed by atoms with E-state index in [2.05, 4.69) is 5.32 Å². The molecule has 0 amide bonds. The average molecular weight is 267 g/mol. The molecule has 1 aromatic carbocycles. The number of hydrogen-bond donors (Lipinski definition) is 1. The number of methoxy groups -OCH3 is 3. The Bertz CT molecular complexity index is 408. The maximum absolute atomic E-state index is 11.8. The highest BCUT2D eigenvalue weighted by Crippen LogP contribution is 2.20. The number of carbonyl (C=O) groups excluding carboxylic acids is 1. The third kappa shape index (κ3) is 4.44. The summed E-state index contributed by atoms with van der Waals surface area (Å²) in [5.74, 6) is 0.407. The van der Waals surface area contributed by atoms with Crippen LogP contribution >= 0.6 is 0 Å². The SMILES string of the molecule is COCC(C)C(Nc1cccc(OC)c1)C(=O)OC. The van der Waals surface area contributed by atoms with Gasteiger partial charge in [-0.05, 0) is 12.1 Å². The van der Waals surface area contributed by atoms with Gasteiger partial charge < -0.3 is 19.5 Å². The van der Waals surface area contributed by atoms with Crippen molar-refractivity contribution in [2.75, 3.05) is 33.3 Å². The molecule has 0 bridgehead atoms. The van der Waals surface area contributed by atoms with Gasteiger partial charge in [0.15, 0.2) is 0 Å². The summed E-state index contributed by atoms with van der Waals surface area (Å²) in [6.45, 7) is 2.40. The monoisotopic (exact) mass is 267 g/mol. The molecular formula is C14H21NO4. The third-order valence-corrected chi connectivity index (χ3v) is 2.85. The van der Waals surface area contributed by atoms with Gasteiger partial charge in [-0.25, -0.2) is 4.79 Å². The van der Waals surface area contributed by atoms with Crippen molar-refractivity contribution in [3.8, 4) is 5.75 Å². The molecule has 1 N–H and O–H groups in total. The number of nitrogens with one attached hydrogen (secondary N) is 1. The second-order valence-electron chi connectivity index (χ2n) is 4.31.